The SMILES string of the molecule is CC(C)NC(=O)C(=O)NCCC1CCCCN1S(=O)(=O)c1ccc(F)cc1. The minimum absolute atomic E-state index is 0.0520. The summed E-state index contributed by atoms with van der Waals surface area (Å²) < 4.78 is 40.3. The second kappa shape index (κ2) is 9.27. The number of nitrogens with one attached hydrogen (secondary N) is 2. The van der Waals surface area contributed by atoms with Crippen LogP contribution in [0, 0.1) is 5.82 Å². The molecule has 150 valence electrons. The van der Waals surface area contributed by atoms with Gasteiger partial charge in [-0.15, -0.1) is 0 Å². The van der Waals surface area contributed by atoms with Crippen molar-refractivity contribution in [2.75, 3.05) is 13.1 Å². The number of rotatable bonds is 6. The van der Waals surface area contributed by atoms with Crippen molar-refractivity contribution in [3.05, 3.63) is 30.1 Å². The molecule has 7 nitrogen and oxygen atoms in total. The van der Waals surface area contributed by atoms with Crippen molar-refractivity contribution < 1.29 is 22.4 Å². The number of carbonyl (C=O) groups is 2. The molecule has 1 heterocycles. The highest BCUT2D eigenvalue weighted by Crippen LogP contribution is 2.27. The van der Waals surface area contributed by atoms with Crippen LogP contribution in [0.1, 0.15) is 39.5 Å². The fourth-order valence-electron chi connectivity index (χ4n) is 3.08. The zero-order valence-electron chi connectivity index (χ0n) is 15.6. The lowest BCUT2D eigenvalue weighted by atomic mass is 10.0. The third-order valence-corrected chi connectivity index (χ3v) is 6.35. The van der Waals surface area contributed by atoms with Gasteiger partial charge in [0.2, 0.25) is 10.0 Å². The molecule has 0 radical (unpaired) electrons. The van der Waals surface area contributed by atoms with E-state index in [1.807, 2.05) is 0 Å². The molecule has 0 aliphatic carbocycles. The van der Waals surface area contributed by atoms with Crippen LogP contribution in [0.15, 0.2) is 29.2 Å². The molecule has 1 aliphatic rings. The van der Waals surface area contributed by atoms with E-state index in [1.165, 1.54) is 16.4 Å². The number of piperidine rings is 1. The normalized spacial score (nSPS) is 18.3. The van der Waals surface area contributed by atoms with Crippen molar-refractivity contribution in [3.8, 4) is 0 Å². The molecular weight excluding hydrogens is 373 g/mol. The number of sulfonamides is 1. The van der Waals surface area contributed by atoms with Crippen LogP contribution in [0.5, 0.6) is 0 Å². The molecule has 2 amide bonds. The average Bonchev–Trinajstić information content (AvgIpc) is 2.61. The van der Waals surface area contributed by atoms with Gasteiger partial charge in [-0.1, -0.05) is 6.42 Å². The molecule has 0 bridgehead atoms. The highest BCUT2D eigenvalue weighted by molar-refractivity contribution is 7.89. The summed E-state index contributed by atoms with van der Waals surface area (Å²) in [6.07, 6.45) is 2.72. The van der Waals surface area contributed by atoms with Gasteiger partial charge in [-0.25, -0.2) is 12.8 Å². The number of nitrogens with zero attached hydrogens (tertiary/aromatic N) is 1. The van der Waals surface area contributed by atoms with Crippen LogP contribution in [0.4, 0.5) is 4.39 Å². The van der Waals surface area contributed by atoms with Crippen LogP contribution < -0.4 is 10.6 Å². The van der Waals surface area contributed by atoms with E-state index >= 15 is 0 Å². The Kier molecular flexibility index (Phi) is 7.32. The number of hydrogen-bond donors (Lipinski definition) is 2. The van der Waals surface area contributed by atoms with E-state index in [4.69, 9.17) is 0 Å². The summed E-state index contributed by atoms with van der Waals surface area (Å²) in [4.78, 5) is 23.4. The third-order valence-electron chi connectivity index (χ3n) is 4.38. The first kappa shape index (κ1) is 21.3. The highest BCUT2D eigenvalue weighted by Gasteiger charge is 2.33. The molecular formula is C18H26FN3O4S. The van der Waals surface area contributed by atoms with Gasteiger partial charge < -0.3 is 10.6 Å². The summed E-state index contributed by atoms with van der Waals surface area (Å²) in [7, 11) is -3.74. The van der Waals surface area contributed by atoms with Gasteiger partial charge in [0.1, 0.15) is 5.82 Å². The van der Waals surface area contributed by atoms with Gasteiger partial charge in [0, 0.05) is 25.2 Å². The first-order valence-electron chi connectivity index (χ1n) is 9.08. The molecule has 0 aromatic heterocycles. The Hall–Kier alpha value is -2.00. The van der Waals surface area contributed by atoms with Gasteiger partial charge in [0.05, 0.1) is 4.90 Å². The molecule has 27 heavy (non-hydrogen) atoms. The van der Waals surface area contributed by atoms with E-state index in [2.05, 4.69) is 10.6 Å². The zero-order chi connectivity index (χ0) is 20.0. The zero-order valence-corrected chi connectivity index (χ0v) is 16.4. The smallest absolute Gasteiger partial charge is 0.309 e. The van der Waals surface area contributed by atoms with Crippen LogP contribution in [-0.4, -0.2) is 49.7 Å². The Bertz CT molecular complexity index is 765. The van der Waals surface area contributed by atoms with Gasteiger partial charge in [0.15, 0.2) is 0 Å². The summed E-state index contributed by atoms with van der Waals surface area (Å²) in [5, 5.41) is 5.03. The summed E-state index contributed by atoms with van der Waals surface area (Å²) in [5.74, 6) is -1.93. The molecule has 1 atom stereocenters. The van der Waals surface area contributed by atoms with Gasteiger partial charge in [0.25, 0.3) is 0 Å². The van der Waals surface area contributed by atoms with Crippen LogP contribution in [-0.2, 0) is 19.6 Å². The topological polar surface area (TPSA) is 95.6 Å². The lowest BCUT2D eigenvalue weighted by molar-refractivity contribution is -0.139. The van der Waals surface area contributed by atoms with Crippen molar-refractivity contribution in [2.24, 2.45) is 0 Å². The molecule has 0 saturated carbocycles. The molecule has 2 rings (SSSR count). The monoisotopic (exact) mass is 399 g/mol. The van der Waals surface area contributed by atoms with Crippen molar-refractivity contribution in [2.45, 2.75) is 56.5 Å². The van der Waals surface area contributed by atoms with Crippen molar-refractivity contribution in [1.82, 2.24) is 14.9 Å². The van der Waals surface area contributed by atoms with E-state index < -0.39 is 27.7 Å². The largest absolute Gasteiger partial charge is 0.348 e. The van der Waals surface area contributed by atoms with Crippen LogP contribution in [0.3, 0.4) is 0 Å². The van der Waals surface area contributed by atoms with E-state index in [9.17, 15) is 22.4 Å². The summed E-state index contributed by atoms with van der Waals surface area (Å²) in [6, 6.07) is 4.35. The molecule has 1 unspecified atom stereocenters. The van der Waals surface area contributed by atoms with E-state index in [0.29, 0.717) is 19.4 Å². The maximum atomic E-state index is 13.1. The lowest BCUT2D eigenvalue weighted by Crippen LogP contribution is -2.47. The maximum absolute atomic E-state index is 13.1. The van der Waals surface area contributed by atoms with Crippen LogP contribution in [0.2, 0.25) is 0 Å². The van der Waals surface area contributed by atoms with Gasteiger partial charge in [-0.05, 0) is 57.4 Å². The number of halogens is 1. The van der Waals surface area contributed by atoms with Crippen molar-refractivity contribution in [1.29, 1.82) is 0 Å². The van der Waals surface area contributed by atoms with Crippen LogP contribution >= 0.6 is 0 Å². The van der Waals surface area contributed by atoms with Gasteiger partial charge in [-0.2, -0.15) is 4.31 Å². The first-order valence-corrected chi connectivity index (χ1v) is 10.5. The summed E-state index contributed by atoms with van der Waals surface area (Å²) >= 11 is 0. The Balaban J connectivity index is 1.99. The first-order chi connectivity index (χ1) is 12.7. The van der Waals surface area contributed by atoms with Gasteiger partial charge >= 0.3 is 11.8 Å². The standard InChI is InChI=1S/C18H26FN3O4S/c1-13(2)21-18(24)17(23)20-11-10-15-5-3-4-12-22(15)27(25,26)16-8-6-14(19)7-9-16/h6-9,13,15H,3-5,10-12H2,1-2H3,(H,20,23)(H,21,24). The molecule has 1 fully saturated rings. The Morgan fingerprint density at radius 1 is 1.19 bits per heavy atom. The van der Waals surface area contributed by atoms with E-state index in [1.54, 1.807) is 13.8 Å². The molecule has 9 heteroatoms. The predicted molar refractivity (Wildman–Crippen MR) is 98.8 cm³/mol. The molecule has 1 saturated heterocycles. The fraction of sp³-hybridized carbons (Fsp3) is 0.556. The lowest BCUT2D eigenvalue weighted by Gasteiger charge is -2.34. The van der Waals surface area contributed by atoms with E-state index in [-0.39, 0.29) is 23.5 Å². The summed E-state index contributed by atoms with van der Waals surface area (Å²) in [6.45, 7) is 4.09. The number of benzene rings is 1. The molecule has 2 N–H and O–H groups in total. The quantitative estimate of drug-likeness (QED) is 0.707. The van der Waals surface area contributed by atoms with Gasteiger partial charge in [-0.3, -0.25) is 9.59 Å². The Labute approximate surface area is 159 Å². The average molecular weight is 399 g/mol. The number of amides is 2. The molecule has 0 spiro atoms. The fourth-order valence-corrected chi connectivity index (χ4v) is 4.80. The minimum atomic E-state index is -3.74. The maximum Gasteiger partial charge on any atom is 0.309 e. The predicted octanol–water partition coefficient (Wildman–Crippen LogP) is 1.40. The summed E-state index contributed by atoms with van der Waals surface area (Å²) in [5.41, 5.74) is 0. The van der Waals surface area contributed by atoms with Crippen molar-refractivity contribution >= 4 is 21.8 Å². The Morgan fingerprint density at radius 2 is 1.85 bits per heavy atom. The number of hydrogen-bond acceptors (Lipinski definition) is 4. The highest BCUT2D eigenvalue weighted by atomic mass is 32.2. The number of carbonyl (C=O) groups excluding carboxylic acids is 2. The third kappa shape index (κ3) is 5.74. The second-order valence-corrected chi connectivity index (χ2v) is 8.78. The molecule has 1 aromatic rings. The van der Waals surface area contributed by atoms with E-state index in [0.717, 1.165) is 25.0 Å². The molecule has 1 aliphatic heterocycles. The minimum Gasteiger partial charge on any atom is -0.348 e. The second-order valence-electron chi connectivity index (χ2n) is 6.89. The molecule has 1 aromatic carbocycles. The van der Waals surface area contributed by atoms with Crippen molar-refractivity contribution in [3.63, 3.8) is 0 Å². The Morgan fingerprint density at radius 3 is 2.48 bits per heavy atom. The van der Waals surface area contributed by atoms with Crippen LogP contribution in [0.25, 0.3) is 0 Å².